The Morgan fingerprint density at radius 1 is 1.41 bits per heavy atom. The van der Waals surface area contributed by atoms with E-state index in [1.165, 1.54) is 6.07 Å². The number of hydrogen-bond acceptors (Lipinski definition) is 3. The van der Waals surface area contributed by atoms with E-state index in [0.717, 1.165) is 6.42 Å². The van der Waals surface area contributed by atoms with Crippen molar-refractivity contribution in [1.29, 1.82) is 0 Å². The van der Waals surface area contributed by atoms with E-state index in [0.29, 0.717) is 19.0 Å². The number of nitrogens with zero attached hydrogens (tertiary/aromatic N) is 3. The van der Waals surface area contributed by atoms with E-state index in [1.54, 1.807) is 4.90 Å². The Morgan fingerprint density at radius 2 is 2.12 bits per heavy atom. The van der Waals surface area contributed by atoms with Crippen molar-refractivity contribution in [2.75, 3.05) is 18.0 Å². The zero-order valence-corrected chi connectivity index (χ0v) is 9.89. The van der Waals surface area contributed by atoms with Crippen molar-refractivity contribution in [3.05, 3.63) is 17.0 Å². The van der Waals surface area contributed by atoms with Crippen LogP contribution in [0.2, 0.25) is 5.15 Å². The molecule has 0 amide bonds. The van der Waals surface area contributed by atoms with Crippen LogP contribution < -0.4 is 4.90 Å². The predicted octanol–water partition coefficient (Wildman–Crippen LogP) is 3.00. The van der Waals surface area contributed by atoms with Crippen molar-refractivity contribution in [3.8, 4) is 0 Å². The molecule has 0 aliphatic carbocycles. The molecule has 17 heavy (non-hydrogen) atoms. The Kier molecular flexibility index (Phi) is 3.16. The van der Waals surface area contributed by atoms with Crippen LogP contribution in [0, 0.1) is 5.92 Å². The van der Waals surface area contributed by atoms with Gasteiger partial charge in [0.05, 0.1) is 0 Å². The van der Waals surface area contributed by atoms with Gasteiger partial charge in [-0.15, -0.1) is 0 Å². The van der Waals surface area contributed by atoms with Crippen molar-refractivity contribution in [1.82, 2.24) is 9.97 Å². The molecule has 1 aliphatic heterocycles. The topological polar surface area (TPSA) is 29.0 Å². The van der Waals surface area contributed by atoms with E-state index >= 15 is 0 Å². The summed E-state index contributed by atoms with van der Waals surface area (Å²) in [5, 5.41) is -0.179. The normalized spacial score (nSPS) is 21.0. The molecule has 3 nitrogen and oxygen atoms in total. The molecule has 1 atom stereocenters. The second kappa shape index (κ2) is 4.33. The first-order chi connectivity index (χ1) is 7.86. The minimum absolute atomic E-state index is 0.179. The lowest BCUT2D eigenvalue weighted by Crippen LogP contribution is -2.22. The number of anilines is 1. The number of hydrogen-bond donors (Lipinski definition) is 0. The van der Waals surface area contributed by atoms with Crippen LogP contribution >= 0.6 is 11.6 Å². The third-order valence-corrected chi connectivity index (χ3v) is 2.88. The summed E-state index contributed by atoms with van der Waals surface area (Å²) in [7, 11) is 0. The molecule has 2 heterocycles. The molecule has 0 N–H and O–H groups in total. The van der Waals surface area contributed by atoms with Gasteiger partial charge in [-0.1, -0.05) is 18.5 Å². The average Bonchev–Trinajstić information content (AvgIpc) is 2.62. The van der Waals surface area contributed by atoms with Gasteiger partial charge < -0.3 is 4.90 Å². The van der Waals surface area contributed by atoms with Crippen LogP contribution in [0.5, 0.6) is 0 Å². The Labute approximate surface area is 102 Å². The molecule has 0 bridgehead atoms. The van der Waals surface area contributed by atoms with Gasteiger partial charge >= 0.3 is 6.18 Å². The molecule has 1 unspecified atom stereocenters. The van der Waals surface area contributed by atoms with Gasteiger partial charge in [-0.05, 0) is 12.3 Å². The summed E-state index contributed by atoms with van der Waals surface area (Å²) in [6, 6.07) is 1.37. The maximum atomic E-state index is 12.5. The monoisotopic (exact) mass is 265 g/mol. The smallest absolute Gasteiger partial charge is 0.356 e. The van der Waals surface area contributed by atoms with Crippen LogP contribution in [0.1, 0.15) is 19.2 Å². The molecule has 2 rings (SSSR count). The number of halogens is 4. The molecule has 7 heteroatoms. The second-order valence-electron chi connectivity index (χ2n) is 4.21. The van der Waals surface area contributed by atoms with Gasteiger partial charge in [-0.3, -0.25) is 0 Å². The molecular formula is C10H11ClF3N3. The van der Waals surface area contributed by atoms with Crippen LogP contribution in [-0.4, -0.2) is 23.1 Å². The number of rotatable bonds is 1. The fourth-order valence-corrected chi connectivity index (χ4v) is 2.02. The zero-order chi connectivity index (χ0) is 12.6. The van der Waals surface area contributed by atoms with E-state index in [-0.39, 0.29) is 11.0 Å². The van der Waals surface area contributed by atoms with Gasteiger partial charge in [0.15, 0.2) is 0 Å². The quantitative estimate of drug-likeness (QED) is 0.731. The Morgan fingerprint density at radius 3 is 2.65 bits per heavy atom. The molecule has 1 aromatic heterocycles. The van der Waals surface area contributed by atoms with Gasteiger partial charge in [0.1, 0.15) is 11.0 Å². The van der Waals surface area contributed by atoms with Crippen molar-refractivity contribution in [2.45, 2.75) is 19.5 Å². The van der Waals surface area contributed by atoms with E-state index < -0.39 is 12.0 Å². The Balaban J connectivity index is 2.32. The van der Waals surface area contributed by atoms with E-state index in [4.69, 9.17) is 11.6 Å². The molecule has 1 aromatic rings. The fraction of sp³-hybridized carbons (Fsp3) is 0.600. The third-order valence-electron chi connectivity index (χ3n) is 2.68. The van der Waals surface area contributed by atoms with E-state index in [2.05, 4.69) is 9.97 Å². The van der Waals surface area contributed by atoms with Crippen LogP contribution in [0.3, 0.4) is 0 Å². The lowest BCUT2D eigenvalue weighted by Gasteiger charge is -2.18. The predicted molar refractivity (Wildman–Crippen MR) is 58.0 cm³/mol. The molecule has 0 spiro atoms. The van der Waals surface area contributed by atoms with Crippen molar-refractivity contribution in [3.63, 3.8) is 0 Å². The maximum absolute atomic E-state index is 12.5. The number of aromatic nitrogens is 2. The van der Waals surface area contributed by atoms with Crippen molar-refractivity contribution >= 4 is 17.4 Å². The third kappa shape index (κ3) is 2.80. The van der Waals surface area contributed by atoms with Crippen LogP contribution in [0.4, 0.5) is 19.0 Å². The van der Waals surface area contributed by atoms with Crippen molar-refractivity contribution in [2.24, 2.45) is 5.92 Å². The molecule has 1 aliphatic rings. The van der Waals surface area contributed by atoms with Gasteiger partial charge in [-0.25, -0.2) is 9.97 Å². The fourth-order valence-electron chi connectivity index (χ4n) is 1.84. The molecule has 0 aromatic carbocycles. The summed E-state index contributed by atoms with van der Waals surface area (Å²) < 4.78 is 37.5. The van der Waals surface area contributed by atoms with Gasteiger partial charge in [-0.2, -0.15) is 13.2 Å². The summed E-state index contributed by atoms with van der Waals surface area (Å²) in [6.07, 6.45) is -3.62. The lowest BCUT2D eigenvalue weighted by molar-refractivity contribution is -0.144. The molecule has 94 valence electrons. The lowest BCUT2D eigenvalue weighted by atomic mass is 10.2. The van der Waals surface area contributed by atoms with Gasteiger partial charge in [0, 0.05) is 19.2 Å². The molecule has 0 saturated carbocycles. The van der Waals surface area contributed by atoms with Crippen LogP contribution in [0.25, 0.3) is 0 Å². The highest BCUT2D eigenvalue weighted by Gasteiger charge is 2.36. The summed E-state index contributed by atoms with van der Waals surface area (Å²) >= 11 is 5.59. The molecule has 0 radical (unpaired) electrons. The molecule has 1 saturated heterocycles. The van der Waals surface area contributed by atoms with E-state index in [9.17, 15) is 13.2 Å². The van der Waals surface area contributed by atoms with Crippen LogP contribution in [0.15, 0.2) is 6.07 Å². The Hall–Kier alpha value is -1.04. The Bertz CT molecular complexity index is 422. The van der Waals surface area contributed by atoms with Gasteiger partial charge in [0.2, 0.25) is 5.82 Å². The van der Waals surface area contributed by atoms with Crippen LogP contribution in [-0.2, 0) is 6.18 Å². The van der Waals surface area contributed by atoms with E-state index in [1.807, 2.05) is 6.92 Å². The highest BCUT2D eigenvalue weighted by atomic mass is 35.5. The van der Waals surface area contributed by atoms with Gasteiger partial charge in [0.25, 0.3) is 0 Å². The highest BCUT2D eigenvalue weighted by molar-refractivity contribution is 6.29. The SMILES string of the molecule is CC1CCN(c2cc(Cl)nc(C(F)(F)F)n2)C1. The molecular weight excluding hydrogens is 255 g/mol. The highest BCUT2D eigenvalue weighted by Crippen LogP contribution is 2.30. The number of alkyl halides is 3. The minimum atomic E-state index is -4.56. The average molecular weight is 266 g/mol. The largest absolute Gasteiger partial charge is 0.451 e. The first-order valence-electron chi connectivity index (χ1n) is 5.23. The summed E-state index contributed by atoms with van der Waals surface area (Å²) in [5.74, 6) is -0.473. The first-order valence-corrected chi connectivity index (χ1v) is 5.61. The maximum Gasteiger partial charge on any atom is 0.451 e. The zero-order valence-electron chi connectivity index (χ0n) is 9.13. The minimum Gasteiger partial charge on any atom is -0.356 e. The summed E-state index contributed by atoms with van der Waals surface area (Å²) in [5.41, 5.74) is 0. The molecule has 1 fully saturated rings. The first kappa shape index (κ1) is 12.4. The standard InChI is InChI=1S/C10H11ClF3N3/c1-6-2-3-17(5-6)8-4-7(11)15-9(16-8)10(12,13)14/h4,6H,2-3,5H2,1H3. The summed E-state index contributed by atoms with van der Waals surface area (Å²) in [6.45, 7) is 3.45. The van der Waals surface area contributed by atoms with Crippen molar-refractivity contribution < 1.29 is 13.2 Å². The summed E-state index contributed by atoms with van der Waals surface area (Å²) in [4.78, 5) is 8.52. The second-order valence-corrected chi connectivity index (χ2v) is 4.60.